The number of fused-ring (bicyclic) bond motifs is 1. The number of anilines is 1. The molecule has 2 rings (SSSR count). The number of thioether (sulfide) groups is 1. The van der Waals surface area contributed by atoms with Gasteiger partial charge in [-0.2, -0.15) is 4.98 Å². The van der Waals surface area contributed by atoms with Crippen LogP contribution in [0, 0.1) is 5.82 Å². The molecule has 2 aromatic rings. The molecule has 1 aromatic heterocycles. The Kier molecular flexibility index (Phi) is 5.37. The lowest BCUT2D eigenvalue weighted by Crippen LogP contribution is -2.31. The normalized spacial score (nSPS) is 12.1. The smallest absolute Gasteiger partial charge is 0.328 e. The number of esters is 1. The van der Waals surface area contributed by atoms with E-state index < -0.39 is 17.8 Å². The van der Waals surface area contributed by atoms with Gasteiger partial charge in [0.05, 0.1) is 7.11 Å². The highest BCUT2D eigenvalue weighted by Crippen LogP contribution is 2.21. The summed E-state index contributed by atoms with van der Waals surface area (Å²) < 4.78 is 23.2. The minimum atomic E-state index is -0.699. The van der Waals surface area contributed by atoms with Crippen LogP contribution in [0.5, 0.6) is 0 Å². The SMILES string of the molecule is COC(=O)C(CCSC(C)=O)Nc1nc2cc(F)ccc2o1. The summed E-state index contributed by atoms with van der Waals surface area (Å²) in [5.41, 5.74) is 0.759. The molecule has 22 heavy (non-hydrogen) atoms. The Morgan fingerprint density at radius 2 is 2.27 bits per heavy atom. The van der Waals surface area contributed by atoms with Crippen LogP contribution in [0.15, 0.2) is 22.6 Å². The summed E-state index contributed by atoms with van der Waals surface area (Å²) >= 11 is 1.12. The molecule has 0 aliphatic carbocycles. The molecule has 0 radical (unpaired) electrons. The number of ether oxygens (including phenoxy) is 1. The fourth-order valence-corrected chi connectivity index (χ4v) is 2.46. The van der Waals surface area contributed by atoms with Crippen molar-refractivity contribution < 1.29 is 23.1 Å². The topological polar surface area (TPSA) is 81.4 Å². The molecule has 8 heteroatoms. The van der Waals surface area contributed by atoms with E-state index in [2.05, 4.69) is 10.3 Å². The number of methoxy groups -OCH3 is 1. The van der Waals surface area contributed by atoms with E-state index in [-0.39, 0.29) is 11.1 Å². The Labute approximate surface area is 130 Å². The van der Waals surface area contributed by atoms with Crippen molar-refractivity contribution in [3.63, 3.8) is 0 Å². The van der Waals surface area contributed by atoms with Crippen LogP contribution in [-0.4, -0.2) is 35.0 Å². The fourth-order valence-electron chi connectivity index (χ4n) is 1.82. The quantitative estimate of drug-likeness (QED) is 0.817. The third kappa shape index (κ3) is 4.20. The second-order valence-electron chi connectivity index (χ2n) is 4.48. The largest absolute Gasteiger partial charge is 0.467 e. The van der Waals surface area contributed by atoms with E-state index in [1.165, 1.54) is 32.2 Å². The molecule has 0 bridgehead atoms. The second-order valence-corrected chi connectivity index (χ2v) is 5.75. The van der Waals surface area contributed by atoms with Gasteiger partial charge in [-0.1, -0.05) is 11.8 Å². The zero-order valence-corrected chi connectivity index (χ0v) is 12.9. The summed E-state index contributed by atoms with van der Waals surface area (Å²) in [6, 6.07) is 3.36. The average Bonchev–Trinajstić information content (AvgIpc) is 2.86. The number of hydrogen-bond acceptors (Lipinski definition) is 7. The molecule has 1 aromatic carbocycles. The van der Waals surface area contributed by atoms with Crippen LogP contribution in [0.4, 0.5) is 10.4 Å². The number of rotatable bonds is 6. The highest BCUT2D eigenvalue weighted by Gasteiger charge is 2.21. The molecule has 0 aliphatic heterocycles. The van der Waals surface area contributed by atoms with Gasteiger partial charge in [0.1, 0.15) is 17.4 Å². The van der Waals surface area contributed by atoms with Crippen molar-refractivity contribution in [3.05, 3.63) is 24.0 Å². The van der Waals surface area contributed by atoms with Gasteiger partial charge in [-0.3, -0.25) is 4.79 Å². The molecule has 0 amide bonds. The molecule has 0 saturated heterocycles. The van der Waals surface area contributed by atoms with E-state index in [1.807, 2.05) is 0 Å². The Morgan fingerprint density at radius 1 is 1.50 bits per heavy atom. The number of halogens is 1. The van der Waals surface area contributed by atoms with Crippen molar-refractivity contribution in [2.75, 3.05) is 18.2 Å². The maximum atomic E-state index is 13.1. The highest BCUT2D eigenvalue weighted by atomic mass is 32.2. The molecular weight excluding hydrogens is 311 g/mol. The van der Waals surface area contributed by atoms with Gasteiger partial charge in [0, 0.05) is 18.7 Å². The number of nitrogens with one attached hydrogen (secondary N) is 1. The number of benzene rings is 1. The van der Waals surface area contributed by atoms with Gasteiger partial charge in [-0.25, -0.2) is 9.18 Å². The first-order valence-corrected chi connectivity index (χ1v) is 7.52. The number of nitrogens with zero attached hydrogens (tertiary/aromatic N) is 1. The Balaban J connectivity index is 2.10. The molecule has 1 N–H and O–H groups in total. The molecule has 1 unspecified atom stereocenters. The van der Waals surface area contributed by atoms with Gasteiger partial charge in [0.15, 0.2) is 10.7 Å². The highest BCUT2D eigenvalue weighted by molar-refractivity contribution is 8.13. The van der Waals surface area contributed by atoms with Crippen LogP contribution in [-0.2, 0) is 14.3 Å². The van der Waals surface area contributed by atoms with Crippen LogP contribution >= 0.6 is 11.8 Å². The van der Waals surface area contributed by atoms with E-state index in [9.17, 15) is 14.0 Å². The lowest BCUT2D eigenvalue weighted by molar-refractivity contribution is -0.141. The van der Waals surface area contributed by atoms with E-state index in [1.54, 1.807) is 0 Å². The maximum absolute atomic E-state index is 13.1. The standard InChI is InChI=1S/C14H15FN2O4S/c1-8(18)22-6-5-10(13(19)20-2)16-14-17-11-7-9(15)3-4-12(11)21-14/h3-4,7,10H,5-6H2,1-2H3,(H,16,17). The first kappa shape index (κ1) is 16.3. The third-order valence-electron chi connectivity index (χ3n) is 2.84. The van der Waals surface area contributed by atoms with Gasteiger partial charge in [-0.05, 0) is 18.6 Å². The average molecular weight is 326 g/mol. The molecule has 1 heterocycles. The molecule has 0 fully saturated rings. The van der Waals surface area contributed by atoms with Crippen LogP contribution in [0.1, 0.15) is 13.3 Å². The Hall–Kier alpha value is -2.09. The number of oxazole rings is 1. The third-order valence-corrected chi connectivity index (χ3v) is 3.69. The van der Waals surface area contributed by atoms with Crippen LogP contribution in [0.25, 0.3) is 11.1 Å². The van der Waals surface area contributed by atoms with Gasteiger partial charge >= 0.3 is 5.97 Å². The number of carbonyl (C=O) groups is 2. The van der Waals surface area contributed by atoms with Gasteiger partial charge < -0.3 is 14.5 Å². The lowest BCUT2D eigenvalue weighted by Gasteiger charge is -2.14. The van der Waals surface area contributed by atoms with E-state index in [0.29, 0.717) is 23.3 Å². The number of hydrogen-bond donors (Lipinski definition) is 1. The summed E-state index contributed by atoms with van der Waals surface area (Å²) in [4.78, 5) is 26.8. The number of carbonyl (C=O) groups excluding carboxylic acids is 2. The summed E-state index contributed by atoms with van der Waals surface area (Å²) in [7, 11) is 1.27. The Morgan fingerprint density at radius 3 is 2.95 bits per heavy atom. The number of aromatic nitrogens is 1. The van der Waals surface area contributed by atoms with E-state index in [0.717, 1.165) is 11.8 Å². The molecule has 118 valence electrons. The van der Waals surface area contributed by atoms with Gasteiger partial charge in [0.25, 0.3) is 6.01 Å². The second kappa shape index (κ2) is 7.26. The zero-order valence-electron chi connectivity index (χ0n) is 12.1. The van der Waals surface area contributed by atoms with Crippen molar-refractivity contribution in [2.45, 2.75) is 19.4 Å². The fraction of sp³-hybridized carbons (Fsp3) is 0.357. The molecule has 6 nitrogen and oxygen atoms in total. The van der Waals surface area contributed by atoms with E-state index in [4.69, 9.17) is 9.15 Å². The summed E-state index contributed by atoms with van der Waals surface area (Å²) in [5, 5.41) is 2.79. The molecule has 0 spiro atoms. The molecule has 0 saturated carbocycles. The zero-order chi connectivity index (χ0) is 16.1. The molecule has 0 aliphatic rings. The van der Waals surface area contributed by atoms with Crippen LogP contribution in [0.3, 0.4) is 0 Å². The van der Waals surface area contributed by atoms with Crippen molar-refractivity contribution in [1.82, 2.24) is 4.98 Å². The predicted molar refractivity (Wildman–Crippen MR) is 81.1 cm³/mol. The van der Waals surface area contributed by atoms with Crippen molar-refractivity contribution in [2.24, 2.45) is 0 Å². The predicted octanol–water partition coefficient (Wildman–Crippen LogP) is 2.59. The summed E-state index contributed by atoms with van der Waals surface area (Å²) in [6.07, 6.45) is 0.365. The van der Waals surface area contributed by atoms with E-state index >= 15 is 0 Å². The molecular formula is C14H15FN2O4S. The minimum absolute atomic E-state index is 0.0269. The first-order chi connectivity index (χ1) is 10.5. The van der Waals surface area contributed by atoms with Gasteiger partial charge in [-0.15, -0.1) is 0 Å². The molecule has 1 atom stereocenters. The van der Waals surface area contributed by atoms with Gasteiger partial charge in [0.2, 0.25) is 0 Å². The maximum Gasteiger partial charge on any atom is 0.328 e. The van der Waals surface area contributed by atoms with Crippen LogP contribution in [0.2, 0.25) is 0 Å². The monoisotopic (exact) mass is 326 g/mol. The van der Waals surface area contributed by atoms with Crippen LogP contribution < -0.4 is 5.32 Å². The van der Waals surface area contributed by atoms with Crippen molar-refractivity contribution in [3.8, 4) is 0 Å². The van der Waals surface area contributed by atoms with Crippen molar-refractivity contribution >= 4 is 40.0 Å². The lowest BCUT2D eigenvalue weighted by atomic mass is 10.2. The van der Waals surface area contributed by atoms with Crippen molar-refractivity contribution in [1.29, 1.82) is 0 Å². The summed E-state index contributed by atoms with van der Waals surface area (Å²) in [6.45, 7) is 1.46. The minimum Gasteiger partial charge on any atom is -0.467 e. The first-order valence-electron chi connectivity index (χ1n) is 6.53. The Bertz CT molecular complexity index is 689. The summed E-state index contributed by atoms with van der Waals surface area (Å²) in [5.74, 6) is -0.455.